The molecule has 5 nitrogen and oxygen atoms in total. The number of carbonyl (C=O) groups is 1. The third kappa shape index (κ3) is 5.05. The molecule has 0 saturated heterocycles. The highest BCUT2D eigenvalue weighted by Gasteiger charge is 2.32. The number of anilines is 1. The van der Waals surface area contributed by atoms with Crippen LogP contribution in [0.1, 0.15) is 23.6 Å². The molecule has 0 radical (unpaired) electrons. The van der Waals surface area contributed by atoms with E-state index < -0.39 is 0 Å². The largest absolute Gasteiger partial charge is 0.490 e. The number of hydrazone groups is 1. The summed E-state index contributed by atoms with van der Waals surface area (Å²) in [6.07, 6.45) is 1.86. The van der Waals surface area contributed by atoms with E-state index >= 15 is 0 Å². The van der Waals surface area contributed by atoms with Crippen LogP contribution in [0.25, 0.3) is 6.08 Å². The Morgan fingerprint density at radius 2 is 1.44 bits per heavy atom. The molecule has 4 aromatic carbocycles. The maximum atomic E-state index is 13.5. The van der Waals surface area contributed by atoms with E-state index in [2.05, 4.69) is 0 Å². The molecule has 1 amide bonds. The number of hydrogen-bond acceptors (Lipinski definition) is 4. The predicted molar refractivity (Wildman–Crippen MR) is 143 cm³/mol. The van der Waals surface area contributed by atoms with Crippen molar-refractivity contribution in [1.29, 1.82) is 0 Å². The van der Waals surface area contributed by atoms with Crippen molar-refractivity contribution in [3.8, 4) is 11.5 Å². The molecule has 1 aliphatic heterocycles. The molecule has 36 heavy (non-hydrogen) atoms. The van der Waals surface area contributed by atoms with Gasteiger partial charge in [0.15, 0.2) is 11.5 Å². The maximum absolute atomic E-state index is 13.5. The number of ether oxygens (including phenoxy) is 2. The van der Waals surface area contributed by atoms with Gasteiger partial charge in [0.2, 0.25) is 0 Å². The number of rotatable bonds is 8. The highest BCUT2D eigenvalue weighted by Crippen LogP contribution is 2.32. The lowest BCUT2D eigenvalue weighted by molar-refractivity contribution is -0.114. The first-order valence-electron chi connectivity index (χ1n) is 11.9. The summed E-state index contributed by atoms with van der Waals surface area (Å²) in [7, 11) is 0. The second-order valence-electron chi connectivity index (χ2n) is 8.24. The number of para-hydroxylation sites is 1. The SMILES string of the molecule is CCOc1cc(/C=C2/C(=O)N(c3ccccc3)N=C2c2ccccc2)ccc1OCc1ccccc1. The normalized spacial score (nSPS) is 14.1. The van der Waals surface area contributed by atoms with Gasteiger partial charge in [0.25, 0.3) is 5.91 Å². The zero-order valence-corrected chi connectivity index (χ0v) is 20.0. The lowest BCUT2D eigenvalue weighted by Crippen LogP contribution is -2.21. The van der Waals surface area contributed by atoms with Crippen LogP contribution in [0.15, 0.2) is 120 Å². The van der Waals surface area contributed by atoms with Crippen molar-refractivity contribution >= 4 is 23.4 Å². The van der Waals surface area contributed by atoms with Gasteiger partial charge in [-0.3, -0.25) is 4.79 Å². The van der Waals surface area contributed by atoms with Crippen molar-refractivity contribution in [3.63, 3.8) is 0 Å². The van der Waals surface area contributed by atoms with Crippen LogP contribution in [-0.4, -0.2) is 18.2 Å². The summed E-state index contributed by atoms with van der Waals surface area (Å²) in [5.41, 5.74) is 4.65. The fourth-order valence-corrected chi connectivity index (χ4v) is 4.00. The van der Waals surface area contributed by atoms with Crippen LogP contribution in [0.5, 0.6) is 11.5 Å². The lowest BCUT2D eigenvalue weighted by Gasteiger charge is -2.13. The molecule has 178 valence electrons. The molecule has 0 atom stereocenters. The molecule has 1 heterocycles. The van der Waals surface area contributed by atoms with Gasteiger partial charge in [-0.25, -0.2) is 0 Å². The smallest absolute Gasteiger partial charge is 0.281 e. The zero-order chi connectivity index (χ0) is 24.7. The summed E-state index contributed by atoms with van der Waals surface area (Å²) in [5, 5.41) is 6.16. The first-order chi connectivity index (χ1) is 17.7. The summed E-state index contributed by atoms with van der Waals surface area (Å²) >= 11 is 0. The molecule has 0 saturated carbocycles. The predicted octanol–water partition coefficient (Wildman–Crippen LogP) is 6.50. The number of carbonyl (C=O) groups excluding carboxylic acids is 1. The van der Waals surface area contributed by atoms with Crippen LogP contribution in [0.2, 0.25) is 0 Å². The minimum absolute atomic E-state index is 0.178. The number of nitrogens with zero attached hydrogens (tertiary/aromatic N) is 2. The summed E-state index contributed by atoms with van der Waals surface area (Å²) in [6, 6.07) is 34.9. The highest BCUT2D eigenvalue weighted by molar-refractivity contribution is 6.37. The Morgan fingerprint density at radius 1 is 0.778 bits per heavy atom. The fourth-order valence-electron chi connectivity index (χ4n) is 4.00. The average Bonchev–Trinajstić information content (AvgIpc) is 3.25. The van der Waals surface area contributed by atoms with Crippen LogP contribution in [-0.2, 0) is 11.4 Å². The number of amides is 1. The van der Waals surface area contributed by atoms with Crippen molar-refractivity contribution in [1.82, 2.24) is 0 Å². The van der Waals surface area contributed by atoms with Gasteiger partial charge in [0.05, 0.1) is 17.9 Å². The minimum Gasteiger partial charge on any atom is -0.490 e. The highest BCUT2D eigenvalue weighted by atomic mass is 16.5. The average molecular weight is 475 g/mol. The van der Waals surface area contributed by atoms with E-state index in [4.69, 9.17) is 14.6 Å². The van der Waals surface area contributed by atoms with E-state index in [0.29, 0.717) is 36.0 Å². The second kappa shape index (κ2) is 10.7. The quantitative estimate of drug-likeness (QED) is 0.274. The molecular weight excluding hydrogens is 448 g/mol. The Hall–Kier alpha value is -4.64. The molecule has 0 spiro atoms. The molecule has 4 aromatic rings. The van der Waals surface area contributed by atoms with Crippen molar-refractivity contribution < 1.29 is 14.3 Å². The molecule has 0 N–H and O–H groups in total. The summed E-state index contributed by atoms with van der Waals surface area (Å²) in [5.74, 6) is 1.11. The third-order valence-electron chi connectivity index (χ3n) is 5.74. The van der Waals surface area contributed by atoms with Gasteiger partial charge in [-0.2, -0.15) is 10.1 Å². The molecule has 0 bridgehead atoms. The van der Waals surface area contributed by atoms with Gasteiger partial charge in [0.1, 0.15) is 12.3 Å². The Labute approximate surface area is 210 Å². The van der Waals surface area contributed by atoms with E-state index in [-0.39, 0.29) is 5.91 Å². The van der Waals surface area contributed by atoms with Gasteiger partial charge >= 0.3 is 0 Å². The molecule has 5 rings (SSSR count). The molecule has 0 aromatic heterocycles. The Kier molecular flexibility index (Phi) is 6.90. The Balaban J connectivity index is 1.49. The number of benzene rings is 4. The first-order valence-corrected chi connectivity index (χ1v) is 11.9. The molecule has 0 unspecified atom stereocenters. The summed E-state index contributed by atoms with van der Waals surface area (Å²) in [6.45, 7) is 2.88. The van der Waals surface area contributed by atoms with Crippen LogP contribution >= 0.6 is 0 Å². The van der Waals surface area contributed by atoms with Crippen molar-refractivity contribution in [3.05, 3.63) is 131 Å². The molecule has 0 aliphatic carbocycles. The van der Waals surface area contributed by atoms with Crippen LogP contribution in [0, 0.1) is 0 Å². The molecular formula is C31H26N2O3. The Morgan fingerprint density at radius 3 is 2.14 bits per heavy atom. The van der Waals surface area contributed by atoms with Gasteiger partial charge in [-0.05, 0) is 48.4 Å². The second-order valence-corrected chi connectivity index (χ2v) is 8.24. The van der Waals surface area contributed by atoms with Crippen molar-refractivity contribution in [2.75, 3.05) is 11.6 Å². The van der Waals surface area contributed by atoms with E-state index in [1.165, 1.54) is 5.01 Å². The summed E-state index contributed by atoms with van der Waals surface area (Å²) < 4.78 is 11.9. The standard InChI is InChI=1S/C31H26N2O3/c1-2-35-29-21-24(18-19-28(29)36-22-23-12-6-3-7-13-23)20-27-30(25-14-8-4-9-15-25)32-33(31(27)34)26-16-10-5-11-17-26/h3-21H,2,22H2,1H3/b27-20+. The Bertz CT molecular complexity index is 1400. The van der Waals surface area contributed by atoms with Crippen molar-refractivity contribution in [2.45, 2.75) is 13.5 Å². The van der Waals surface area contributed by atoms with Crippen LogP contribution in [0.3, 0.4) is 0 Å². The maximum Gasteiger partial charge on any atom is 0.281 e. The lowest BCUT2D eigenvalue weighted by atomic mass is 10.00. The molecule has 5 heteroatoms. The van der Waals surface area contributed by atoms with Gasteiger partial charge in [-0.1, -0.05) is 84.9 Å². The fraction of sp³-hybridized carbons (Fsp3) is 0.0968. The third-order valence-corrected chi connectivity index (χ3v) is 5.74. The van der Waals surface area contributed by atoms with Crippen LogP contribution < -0.4 is 14.5 Å². The van der Waals surface area contributed by atoms with Gasteiger partial charge < -0.3 is 9.47 Å². The van der Waals surface area contributed by atoms with E-state index in [1.807, 2.05) is 122 Å². The summed E-state index contributed by atoms with van der Waals surface area (Å²) in [4.78, 5) is 13.5. The molecule has 1 aliphatic rings. The van der Waals surface area contributed by atoms with E-state index in [0.717, 1.165) is 22.4 Å². The first kappa shape index (κ1) is 23.1. The van der Waals surface area contributed by atoms with Gasteiger partial charge in [0, 0.05) is 5.56 Å². The zero-order valence-electron chi connectivity index (χ0n) is 20.0. The topological polar surface area (TPSA) is 51.1 Å². The monoisotopic (exact) mass is 474 g/mol. The molecule has 0 fully saturated rings. The van der Waals surface area contributed by atoms with Crippen molar-refractivity contribution in [2.24, 2.45) is 5.10 Å². The van der Waals surface area contributed by atoms with Gasteiger partial charge in [-0.15, -0.1) is 0 Å². The minimum atomic E-state index is -0.178. The van der Waals surface area contributed by atoms with Crippen LogP contribution in [0.4, 0.5) is 5.69 Å². The van der Waals surface area contributed by atoms with E-state index in [9.17, 15) is 4.79 Å². The number of hydrogen-bond donors (Lipinski definition) is 0. The van der Waals surface area contributed by atoms with E-state index in [1.54, 1.807) is 0 Å².